The molecule has 6 heteroatoms. The Morgan fingerprint density at radius 3 is 2.53 bits per heavy atom. The summed E-state index contributed by atoms with van der Waals surface area (Å²) in [6.45, 7) is 7.11. The monoisotopic (exact) mass is 555 g/mol. The van der Waals surface area contributed by atoms with Crippen molar-refractivity contribution in [3.63, 3.8) is 0 Å². The molecule has 38 heavy (non-hydrogen) atoms. The number of aryl methyl sites for hydroxylation is 1. The number of fused-ring (bicyclic) bond motifs is 1. The standard InChI is InChI=1S/C32H38ClNO3.ClH/c1-32(2,3)31(36)22-37-29-16-15-24-11-8-14-28(18-26(24)19-29)34(20-23-9-5-4-6-10-23)21-30(35)25-12-7-13-27(33)17-25;/h4-7,9-10,12-13,15-17,19,28,30,35H,8,11,14,18,20-22H2,1-3H3;1H/t28-,30-;/m0./s1. The van der Waals surface area contributed by atoms with Crippen molar-refractivity contribution in [1.29, 1.82) is 0 Å². The van der Waals surface area contributed by atoms with Gasteiger partial charge < -0.3 is 9.84 Å². The average Bonchev–Trinajstić information content (AvgIpc) is 3.09. The van der Waals surface area contributed by atoms with Gasteiger partial charge in [0.05, 0.1) is 6.10 Å². The van der Waals surface area contributed by atoms with Crippen LogP contribution in [-0.2, 0) is 24.2 Å². The van der Waals surface area contributed by atoms with Crippen molar-refractivity contribution in [1.82, 2.24) is 4.90 Å². The molecule has 0 bridgehead atoms. The Bertz CT molecular complexity index is 1190. The molecule has 0 radical (unpaired) electrons. The maximum absolute atomic E-state index is 12.4. The van der Waals surface area contributed by atoms with Crippen molar-refractivity contribution >= 4 is 29.8 Å². The molecule has 4 nitrogen and oxygen atoms in total. The number of hydrogen-bond donors (Lipinski definition) is 1. The molecular weight excluding hydrogens is 517 g/mol. The Hall–Kier alpha value is -2.37. The second-order valence-electron chi connectivity index (χ2n) is 11.1. The highest BCUT2D eigenvalue weighted by Gasteiger charge is 2.26. The number of nitrogens with zero attached hydrogens (tertiary/aromatic N) is 1. The molecule has 1 aliphatic rings. The molecule has 3 aromatic carbocycles. The van der Waals surface area contributed by atoms with Gasteiger partial charge in [-0.05, 0) is 72.2 Å². The summed E-state index contributed by atoms with van der Waals surface area (Å²) in [5, 5.41) is 11.8. The summed E-state index contributed by atoms with van der Waals surface area (Å²) in [6, 6.07) is 24.4. The van der Waals surface area contributed by atoms with Gasteiger partial charge in [-0.3, -0.25) is 9.69 Å². The van der Waals surface area contributed by atoms with E-state index in [9.17, 15) is 9.90 Å². The zero-order valence-corrected chi connectivity index (χ0v) is 24.1. The summed E-state index contributed by atoms with van der Waals surface area (Å²) in [4.78, 5) is 14.8. The minimum Gasteiger partial charge on any atom is -0.486 e. The second-order valence-corrected chi connectivity index (χ2v) is 11.6. The lowest BCUT2D eigenvalue weighted by Crippen LogP contribution is -2.39. The first-order valence-electron chi connectivity index (χ1n) is 13.2. The Morgan fingerprint density at radius 2 is 1.82 bits per heavy atom. The van der Waals surface area contributed by atoms with Crippen molar-refractivity contribution < 1.29 is 14.6 Å². The maximum Gasteiger partial charge on any atom is 0.175 e. The van der Waals surface area contributed by atoms with Gasteiger partial charge in [0, 0.05) is 29.6 Å². The number of ketones is 1. The first-order valence-corrected chi connectivity index (χ1v) is 13.6. The molecule has 0 aliphatic heterocycles. The van der Waals surface area contributed by atoms with E-state index in [0.717, 1.165) is 43.5 Å². The van der Waals surface area contributed by atoms with Gasteiger partial charge in [-0.25, -0.2) is 0 Å². The van der Waals surface area contributed by atoms with Crippen molar-refractivity contribution in [2.24, 2.45) is 5.41 Å². The first kappa shape index (κ1) is 30.2. The first-order chi connectivity index (χ1) is 17.7. The zero-order valence-electron chi connectivity index (χ0n) is 22.5. The Morgan fingerprint density at radius 1 is 1.05 bits per heavy atom. The van der Waals surface area contributed by atoms with Gasteiger partial charge in [0.2, 0.25) is 0 Å². The van der Waals surface area contributed by atoms with E-state index in [1.807, 2.05) is 57.2 Å². The van der Waals surface area contributed by atoms with E-state index in [-0.39, 0.29) is 30.8 Å². The molecule has 3 aromatic rings. The molecule has 4 rings (SSSR count). The van der Waals surface area contributed by atoms with E-state index in [2.05, 4.69) is 41.3 Å². The number of aliphatic hydroxyl groups is 1. The molecule has 0 aromatic heterocycles. The van der Waals surface area contributed by atoms with Crippen LogP contribution in [0.15, 0.2) is 72.8 Å². The lowest BCUT2D eigenvalue weighted by atomic mass is 9.91. The van der Waals surface area contributed by atoms with Crippen LogP contribution >= 0.6 is 24.0 Å². The minimum absolute atomic E-state index is 0. The molecule has 0 unspecified atom stereocenters. The van der Waals surface area contributed by atoms with Gasteiger partial charge in [0.25, 0.3) is 0 Å². The summed E-state index contributed by atoms with van der Waals surface area (Å²) in [5.74, 6) is 0.829. The molecule has 0 amide bonds. The fourth-order valence-electron chi connectivity index (χ4n) is 4.89. The van der Waals surface area contributed by atoms with E-state index < -0.39 is 11.5 Å². The number of aliphatic hydroxyl groups excluding tert-OH is 1. The number of ether oxygens (including phenoxy) is 1. The predicted octanol–water partition coefficient (Wildman–Crippen LogP) is 7.24. The summed E-state index contributed by atoms with van der Waals surface area (Å²) in [7, 11) is 0. The number of carbonyl (C=O) groups excluding carboxylic acids is 1. The highest BCUT2D eigenvalue weighted by molar-refractivity contribution is 6.30. The van der Waals surface area contributed by atoms with Gasteiger partial charge >= 0.3 is 0 Å². The Labute approximate surface area is 238 Å². The fourth-order valence-corrected chi connectivity index (χ4v) is 5.09. The predicted molar refractivity (Wildman–Crippen MR) is 157 cm³/mol. The van der Waals surface area contributed by atoms with Gasteiger partial charge in [0.15, 0.2) is 5.78 Å². The molecule has 1 aliphatic carbocycles. The zero-order chi connectivity index (χ0) is 26.4. The maximum atomic E-state index is 12.4. The number of Topliss-reactive ketones (excluding diaryl/α,β-unsaturated/α-hetero) is 1. The van der Waals surface area contributed by atoms with Crippen molar-refractivity contribution in [3.8, 4) is 5.75 Å². The number of rotatable bonds is 9. The van der Waals surface area contributed by atoms with Crippen LogP contribution in [0.25, 0.3) is 0 Å². The van der Waals surface area contributed by atoms with Crippen LogP contribution in [0.1, 0.15) is 62.0 Å². The van der Waals surface area contributed by atoms with E-state index in [4.69, 9.17) is 16.3 Å². The molecule has 2 atom stereocenters. The van der Waals surface area contributed by atoms with Gasteiger partial charge in [0.1, 0.15) is 12.4 Å². The van der Waals surface area contributed by atoms with Crippen molar-refractivity contribution in [2.75, 3.05) is 13.2 Å². The largest absolute Gasteiger partial charge is 0.486 e. The molecule has 0 heterocycles. The molecule has 204 valence electrons. The smallest absolute Gasteiger partial charge is 0.175 e. The topological polar surface area (TPSA) is 49.8 Å². The van der Waals surface area contributed by atoms with Gasteiger partial charge in [-0.1, -0.05) is 80.9 Å². The minimum atomic E-state index is -0.636. The number of benzene rings is 3. The van der Waals surface area contributed by atoms with Crippen LogP contribution in [0.3, 0.4) is 0 Å². The van der Waals surface area contributed by atoms with E-state index in [1.165, 1.54) is 16.7 Å². The third kappa shape index (κ3) is 8.31. The SMILES string of the molecule is CC(C)(C)C(=O)COc1ccc2c(c1)C[C@@H](N(Cc1ccccc1)C[C@H](O)c1cccc(Cl)c1)CCC2.Cl. The molecule has 0 saturated heterocycles. The Balaban J connectivity index is 0.00000400. The van der Waals surface area contributed by atoms with E-state index in [1.54, 1.807) is 0 Å². The summed E-state index contributed by atoms with van der Waals surface area (Å²) >= 11 is 6.21. The van der Waals surface area contributed by atoms with Crippen molar-refractivity contribution in [3.05, 3.63) is 100 Å². The van der Waals surface area contributed by atoms with Crippen LogP contribution in [0.5, 0.6) is 5.75 Å². The van der Waals surface area contributed by atoms with Crippen molar-refractivity contribution in [2.45, 2.75) is 65.1 Å². The lowest BCUT2D eigenvalue weighted by molar-refractivity contribution is -0.128. The van der Waals surface area contributed by atoms with E-state index in [0.29, 0.717) is 11.6 Å². The number of carbonyl (C=O) groups is 1. The summed E-state index contributed by atoms with van der Waals surface area (Å²) in [6.07, 6.45) is 3.38. The van der Waals surface area contributed by atoms with Crippen LogP contribution in [-0.4, -0.2) is 35.0 Å². The molecule has 0 saturated carbocycles. The van der Waals surface area contributed by atoms with Gasteiger partial charge in [-0.2, -0.15) is 0 Å². The molecule has 0 fully saturated rings. The highest BCUT2D eigenvalue weighted by Crippen LogP contribution is 2.30. The summed E-state index contributed by atoms with van der Waals surface area (Å²) in [5.41, 5.74) is 4.24. The quantitative estimate of drug-likeness (QED) is 0.283. The third-order valence-electron chi connectivity index (χ3n) is 7.21. The average molecular weight is 557 g/mol. The lowest BCUT2D eigenvalue weighted by Gasteiger charge is -2.33. The van der Waals surface area contributed by atoms with Crippen LogP contribution in [0, 0.1) is 5.41 Å². The molecular formula is C32H39Cl2NO3. The fraction of sp³-hybridized carbons (Fsp3) is 0.406. The van der Waals surface area contributed by atoms with Gasteiger partial charge in [-0.15, -0.1) is 12.4 Å². The Kier molecular flexibility index (Phi) is 10.8. The normalized spacial score (nSPS) is 16.2. The summed E-state index contributed by atoms with van der Waals surface area (Å²) < 4.78 is 5.91. The molecule has 0 spiro atoms. The van der Waals surface area contributed by atoms with Crippen LogP contribution in [0.4, 0.5) is 0 Å². The van der Waals surface area contributed by atoms with Crippen LogP contribution < -0.4 is 4.74 Å². The number of halogens is 2. The highest BCUT2D eigenvalue weighted by atomic mass is 35.5. The number of hydrogen-bond acceptors (Lipinski definition) is 4. The third-order valence-corrected chi connectivity index (χ3v) is 7.44. The van der Waals surface area contributed by atoms with Crippen LogP contribution in [0.2, 0.25) is 5.02 Å². The second kappa shape index (κ2) is 13.6. The van der Waals surface area contributed by atoms with E-state index >= 15 is 0 Å². The molecule has 1 N–H and O–H groups in total.